The van der Waals surface area contributed by atoms with Crippen molar-refractivity contribution in [3.63, 3.8) is 0 Å². The van der Waals surface area contributed by atoms with E-state index in [1.54, 1.807) is 0 Å². The Kier molecular flexibility index (Phi) is 46.9. The summed E-state index contributed by atoms with van der Waals surface area (Å²) < 4.78 is 16.8. The first-order valence-electron chi connectivity index (χ1n) is 25.6. The van der Waals surface area contributed by atoms with Crippen molar-refractivity contribution in [1.82, 2.24) is 0 Å². The summed E-state index contributed by atoms with van der Waals surface area (Å²) in [4.78, 5) is 37.8. The Balaban J connectivity index is 4.27. The van der Waals surface area contributed by atoms with Gasteiger partial charge in [-0.25, -0.2) is 0 Å². The van der Waals surface area contributed by atoms with Crippen LogP contribution in [0.25, 0.3) is 0 Å². The van der Waals surface area contributed by atoms with Crippen LogP contribution in [0.3, 0.4) is 0 Å². The van der Waals surface area contributed by atoms with Crippen LogP contribution >= 0.6 is 0 Å². The molecule has 0 aliphatic carbocycles. The summed E-state index contributed by atoms with van der Waals surface area (Å²) in [7, 11) is 0. The summed E-state index contributed by atoms with van der Waals surface area (Å²) in [6.07, 6.45) is 58.1. The van der Waals surface area contributed by atoms with E-state index in [1.807, 2.05) is 0 Å². The number of hydrogen-bond acceptors (Lipinski definition) is 6. The lowest BCUT2D eigenvalue weighted by Gasteiger charge is -2.18. The van der Waals surface area contributed by atoms with Crippen LogP contribution < -0.4 is 0 Å². The molecule has 0 aliphatic heterocycles. The van der Waals surface area contributed by atoms with Crippen LogP contribution in [-0.4, -0.2) is 37.2 Å². The van der Waals surface area contributed by atoms with Crippen molar-refractivity contribution >= 4 is 17.9 Å². The fourth-order valence-electron chi connectivity index (χ4n) is 7.26. The van der Waals surface area contributed by atoms with E-state index in [2.05, 4.69) is 69.4 Å². The second-order valence-corrected chi connectivity index (χ2v) is 17.1. The van der Waals surface area contributed by atoms with Crippen LogP contribution in [0.1, 0.15) is 258 Å². The number of unbranched alkanes of at least 4 members (excludes halogenated alkanes) is 27. The van der Waals surface area contributed by atoms with E-state index in [0.717, 1.165) is 89.9 Å². The SMILES string of the molecule is CC/C=C\C/C=C\C/C=C\C/C=C\CCCCCCCCCCC(=O)OCC(COC(=O)CCCCCCCCCCCC)OC(=O)CCCCCCCCCCCCC. The van der Waals surface area contributed by atoms with Gasteiger partial charge >= 0.3 is 17.9 Å². The monoisotopic (exact) mass is 841 g/mol. The molecule has 0 heterocycles. The number of hydrogen-bond donors (Lipinski definition) is 0. The van der Waals surface area contributed by atoms with E-state index in [0.29, 0.717) is 19.3 Å². The van der Waals surface area contributed by atoms with Crippen molar-refractivity contribution in [2.45, 2.75) is 264 Å². The van der Waals surface area contributed by atoms with Gasteiger partial charge in [0.1, 0.15) is 13.2 Å². The predicted molar refractivity (Wildman–Crippen MR) is 256 cm³/mol. The molecule has 0 radical (unpaired) electrons. The van der Waals surface area contributed by atoms with Gasteiger partial charge in [0.25, 0.3) is 0 Å². The Morgan fingerprint density at radius 1 is 0.350 bits per heavy atom. The first-order valence-corrected chi connectivity index (χ1v) is 25.6. The summed E-state index contributed by atoms with van der Waals surface area (Å²) in [5.74, 6) is -0.875. The summed E-state index contributed by atoms with van der Waals surface area (Å²) in [6, 6.07) is 0. The third-order valence-electron chi connectivity index (χ3n) is 11.1. The van der Waals surface area contributed by atoms with Gasteiger partial charge in [-0.3, -0.25) is 14.4 Å². The van der Waals surface area contributed by atoms with Crippen LogP contribution in [0, 0.1) is 0 Å². The summed E-state index contributed by atoms with van der Waals surface area (Å²) in [5, 5.41) is 0. The molecule has 348 valence electrons. The Hall–Kier alpha value is -2.63. The van der Waals surface area contributed by atoms with E-state index in [-0.39, 0.29) is 31.1 Å². The molecule has 0 aliphatic rings. The molecule has 0 amide bonds. The van der Waals surface area contributed by atoms with E-state index in [1.165, 1.54) is 128 Å². The number of carbonyl (C=O) groups excluding carboxylic acids is 3. The zero-order valence-corrected chi connectivity index (χ0v) is 39.7. The number of esters is 3. The lowest BCUT2D eigenvalue weighted by Crippen LogP contribution is -2.30. The zero-order valence-electron chi connectivity index (χ0n) is 39.7. The summed E-state index contributed by atoms with van der Waals surface area (Å²) in [6.45, 7) is 6.51. The smallest absolute Gasteiger partial charge is 0.306 e. The van der Waals surface area contributed by atoms with E-state index in [4.69, 9.17) is 14.2 Å². The summed E-state index contributed by atoms with van der Waals surface area (Å²) >= 11 is 0. The van der Waals surface area contributed by atoms with Crippen LogP contribution in [-0.2, 0) is 28.6 Å². The van der Waals surface area contributed by atoms with Gasteiger partial charge in [0.05, 0.1) is 0 Å². The highest BCUT2D eigenvalue weighted by atomic mass is 16.6. The standard InChI is InChI=1S/C54H96O6/c1-4-7-10-13-16-19-22-23-24-25-26-27-28-29-30-31-33-35-38-41-44-47-53(56)59-50-51(49-58-52(55)46-43-40-37-34-21-18-15-12-9-6-3)60-54(57)48-45-42-39-36-32-20-17-14-11-8-5-2/h7,10,16,19,23-24,26-27,51H,4-6,8-9,11-15,17-18,20-22,25,28-50H2,1-3H3/b10-7-,19-16-,24-23-,27-26-. The molecule has 0 rings (SSSR count). The fraction of sp³-hybridized carbons (Fsp3) is 0.796. The molecule has 6 nitrogen and oxygen atoms in total. The first-order chi connectivity index (χ1) is 29.5. The van der Waals surface area contributed by atoms with E-state index < -0.39 is 6.10 Å². The molecule has 0 aromatic carbocycles. The maximum absolute atomic E-state index is 12.7. The minimum Gasteiger partial charge on any atom is -0.462 e. The Labute approximate surface area is 371 Å². The lowest BCUT2D eigenvalue weighted by atomic mass is 10.1. The third-order valence-corrected chi connectivity index (χ3v) is 11.1. The molecule has 0 saturated heterocycles. The molecule has 60 heavy (non-hydrogen) atoms. The zero-order chi connectivity index (χ0) is 43.7. The predicted octanol–water partition coefficient (Wildman–Crippen LogP) is 16.7. The maximum Gasteiger partial charge on any atom is 0.306 e. The van der Waals surface area contributed by atoms with Crippen molar-refractivity contribution < 1.29 is 28.6 Å². The molecular formula is C54H96O6. The van der Waals surface area contributed by atoms with Crippen molar-refractivity contribution in [3.05, 3.63) is 48.6 Å². The van der Waals surface area contributed by atoms with E-state index in [9.17, 15) is 14.4 Å². The highest BCUT2D eigenvalue weighted by molar-refractivity contribution is 5.71. The number of allylic oxidation sites excluding steroid dienone is 8. The molecule has 0 aromatic rings. The molecule has 0 bridgehead atoms. The average molecular weight is 841 g/mol. The van der Waals surface area contributed by atoms with Gasteiger partial charge < -0.3 is 14.2 Å². The molecular weight excluding hydrogens is 745 g/mol. The van der Waals surface area contributed by atoms with Crippen molar-refractivity contribution in [1.29, 1.82) is 0 Å². The van der Waals surface area contributed by atoms with Crippen molar-refractivity contribution in [3.8, 4) is 0 Å². The highest BCUT2D eigenvalue weighted by Crippen LogP contribution is 2.15. The van der Waals surface area contributed by atoms with Gasteiger partial charge in [-0.1, -0.05) is 230 Å². The van der Waals surface area contributed by atoms with Crippen molar-refractivity contribution in [2.75, 3.05) is 13.2 Å². The molecule has 6 heteroatoms. The molecule has 0 spiro atoms. The number of rotatable bonds is 46. The van der Waals surface area contributed by atoms with Crippen LogP contribution in [0.5, 0.6) is 0 Å². The second-order valence-electron chi connectivity index (χ2n) is 17.1. The number of ether oxygens (including phenoxy) is 3. The van der Waals surface area contributed by atoms with Gasteiger partial charge in [0.2, 0.25) is 0 Å². The van der Waals surface area contributed by atoms with Crippen molar-refractivity contribution in [2.24, 2.45) is 0 Å². The maximum atomic E-state index is 12.7. The number of carbonyl (C=O) groups is 3. The van der Waals surface area contributed by atoms with Gasteiger partial charge in [-0.2, -0.15) is 0 Å². The second kappa shape index (κ2) is 49.0. The molecule has 1 unspecified atom stereocenters. The largest absolute Gasteiger partial charge is 0.462 e. The van der Waals surface area contributed by atoms with Crippen LogP contribution in [0.2, 0.25) is 0 Å². The Morgan fingerprint density at radius 3 is 1.02 bits per heavy atom. The normalized spacial score (nSPS) is 12.4. The molecule has 0 aromatic heterocycles. The Bertz CT molecular complexity index is 1060. The third kappa shape index (κ3) is 46.4. The Morgan fingerprint density at radius 2 is 0.650 bits per heavy atom. The van der Waals surface area contributed by atoms with Gasteiger partial charge in [-0.15, -0.1) is 0 Å². The van der Waals surface area contributed by atoms with E-state index >= 15 is 0 Å². The van der Waals surface area contributed by atoms with Crippen LogP contribution in [0.15, 0.2) is 48.6 Å². The minimum atomic E-state index is -0.770. The first kappa shape index (κ1) is 57.4. The minimum absolute atomic E-state index is 0.0721. The topological polar surface area (TPSA) is 78.9 Å². The highest BCUT2D eigenvalue weighted by Gasteiger charge is 2.19. The molecule has 0 fully saturated rings. The van der Waals surface area contributed by atoms with Crippen LogP contribution in [0.4, 0.5) is 0 Å². The van der Waals surface area contributed by atoms with Gasteiger partial charge in [0, 0.05) is 19.3 Å². The van der Waals surface area contributed by atoms with Gasteiger partial charge in [0.15, 0.2) is 6.10 Å². The fourth-order valence-corrected chi connectivity index (χ4v) is 7.26. The quantitative estimate of drug-likeness (QED) is 0.0263. The molecule has 1 atom stereocenters. The lowest BCUT2D eigenvalue weighted by molar-refractivity contribution is -0.167. The van der Waals surface area contributed by atoms with Gasteiger partial charge in [-0.05, 0) is 57.8 Å². The summed E-state index contributed by atoms with van der Waals surface area (Å²) in [5.41, 5.74) is 0. The molecule has 0 N–H and O–H groups in total. The average Bonchev–Trinajstić information content (AvgIpc) is 3.24. The molecule has 0 saturated carbocycles.